The second-order valence-corrected chi connectivity index (χ2v) is 5.14. The van der Waals surface area contributed by atoms with Gasteiger partial charge in [-0.2, -0.15) is 0 Å². The van der Waals surface area contributed by atoms with Gasteiger partial charge in [-0.15, -0.1) is 0 Å². The second-order valence-electron chi connectivity index (χ2n) is 4.23. The van der Waals surface area contributed by atoms with E-state index in [1.807, 2.05) is 19.1 Å². The maximum absolute atomic E-state index is 5.75. The van der Waals surface area contributed by atoms with E-state index < -0.39 is 0 Å². The summed E-state index contributed by atoms with van der Waals surface area (Å²) in [5, 5.41) is 0. The molecule has 1 heterocycles. The standard InChI is InChI=1S/C13H22BrN3O/c1-3-5-13(18-4-2)12(17-15)8-11-7-6-10(14)9-16-11/h6-7,9,12-13,17H,3-5,8,15H2,1-2H3. The van der Waals surface area contributed by atoms with Gasteiger partial charge in [-0.05, 0) is 41.4 Å². The second kappa shape index (κ2) is 8.58. The van der Waals surface area contributed by atoms with Crippen LogP contribution in [0.5, 0.6) is 0 Å². The molecule has 4 nitrogen and oxygen atoms in total. The maximum atomic E-state index is 5.75. The van der Waals surface area contributed by atoms with Crippen LogP contribution in [0, 0.1) is 0 Å². The Morgan fingerprint density at radius 3 is 2.72 bits per heavy atom. The number of hydrogen-bond acceptors (Lipinski definition) is 4. The minimum absolute atomic E-state index is 0.0959. The first-order chi connectivity index (χ1) is 8.71. The predicted molar refractivity (Wildman–Crippen MR) is 77.1 cm³/mol. The van der Waals surface area contributed by atoms with Gasteiger partial charge in [0.05, 0.1) is 12.1 Å². The summed E-state index contributed by atoms with van der Waals surface area (Å²) in [5.74, 6) is 5.64. The summed E-state index contributed by atoms with van der Waals surface area (Å²) in [6.07, 6.45) is 4.79. The molecule has 1 rings (SSSR count). The van der Waals surface area contributed by atoms with Gasteiger partial charge in [0.15, 0.2) is 0 Å². The number of nitrogens with one attached hydrogen (secondary N) is 1. The highest BCUT2D eigenvalue weighted by Crippen LogP contribution is 2.13. The molecule has 1 aromatic rings. The molecule has 2 atom stereocenters. The fourth-order valence-corrected chi connectivity index (χ4v) is 2.18. The summed E-state index contributed by atoms with van der Waals surface area (Å²) in [6.45, 7) is 4.86. The molecule has 0 radical (unpaired) electrons. The molecule has 0 aliphatic heterocycles. The first-order valence-corrected chi connectivity index (χ1v) is 7.18. The number of ether oxygens (including phenoxy) is 1. The highest BCUT2D eigenvalue weighted by Gasteiger charge is 2.20. The molecule has 0 aliphatic carbocycles. The van der Waals surface area contributed by atoms with Crippen LogP contribution in [0.1, 0.15) is 32.4 Å². The highest BCUT2D eigenvalue weighted by molar-refractivity contribution is 9.10. The Balaban J connectivity index is 2.66. The number of aromatic nitrogens is 1. The van der Waals surface area contributed by atoms with Crippen LogP contribution in [-0.2, 0) is 11.2 Å². The van der Waals surface area contributed by atoms with E-state index in [1.165, 1.54) is 0 Å². The molecular weight excluding hydrogens is 294 g/mol. The van der Waals surface area contributed by atoms with Crippen LogP contribution in [0.4, 0.5) is 0 Å². The van der Waals surface area contributed by atoms with E-state index in [1.54, 1.807) is 6.20 Å². The minimum atomic E-state index is 0.0959. The van der Waals surface area contributed by atoms with Crippen LogP contribution in [0.3, 0.4) is 0 Å². The zero-order valence-electron chi connectivity index (χ0n) is 11.0. The van der Waals surface area contributed by atoms with Gasteiger partial charge in [-0.25, -0.2) is 0 Å². The Hall–Kier alpha value is -0.490. The van der Waals surface area contributed by atoms with Gasteiger partial charge in [0, 0.05) is 29.4 Å². The van der Waals surface area contributed by atoms with Crippen molar-refractivity contribution in [2.24, 2.45) is 5.84 Å². The average molecular weight is 316 g/mol. The molecule has 0 saturated carbocycles. The van der Waals surface area contributed by atoms with Crippen LogP contribution in [-0.4, -0.2) is 23.7 Å². The molecule has 5 heteroatoms. The zero-order valence-corrected chi connectivity index (χ0v) is 12.6. The van der Waals surface area contributed by atoms with Crippen molar-refractivity contribution in [2.45, 2.75) is 45.3 Å². The molecule has 0 spiro atoms. The summed E-state index contributed by atoms with van der Waals surface area (Å²) >= 11 is 3.38. The van der Waals surface area contributed by atoms with Crippen LogP contribution in [0.15, 0.2) is 22.8 Å². The first kappa shape index (κ1) is 15.6. The smallest absolute Gasteiger partial charge is 0.0745 e. The highest BCUT2D eigenvalue weighted by atomic mass is 79.9. The topological polar surface area (TPSA) is 60.2 Å². The van der Waals surface area contributed by atoms with E-state index in [-0.39, 0.29) is 12.1 Å². The van der Waals surface area contributed by atoms with Gasteiger partial charge in [-0.3, -0.25) is 16.3 Å². The third-order valence-electron chi connectivity index (χ3n) is 2.83. The van der Waals surface area contributed by atoms with E-state index in [9.17, 15) is 0 Å². The molecule has 3 N–H and O–H groups in total. The van der Waals surface area contributed by atoms with Gasteiger partial charge >= 0.3 is 0 Å². The van der Waals surface area contributed by atoms with E-state index in [4.69, 9.17) is 10.6 Å². The van der Waals surface area contributed by atoms with Crippen LogP contribution < -0.4 is 11.3 Å². The van der Waals surface area contributed by atoms with Crippen LogP contribution >= 0.6 is 15.9 Å². The molecule has 2 unspecified atom stereocenters. The summed E-state index contributed by atoms with van der Waals surface area (Å²) in [7, 11) is 0. The van der Waals surface area contributed by atoms with E-state index >= 15 is 0 Å². The number of halogens is 1. The van der Waals surface area contributed by atoms with Crippen molar-refractivity contribution in [3.05, 3.63) is 28.5 Å². The Morgan fingerprint density at radius 2 is 2.22 bits per heavy atom. The first-order valence-electron chi connectivity index (χ1n) is 6.39. The van der Waals surface area contributed by atoms with Gasteiger partial charge in [0.2, 0.25) is 0 Å². The van der Waals surface area contributed by atoms with E-state index in [0.717, 1.165) is 29.4 Å². The van der Waals surface area contributed by atoms with Gasteiger partial charge in [0.1, 0.15) is 0 Å². The minimum Gasteiger partial charge on any atom is -0.377 e. The Morgan fingerprint density at radius 1 is 1.44 bits per heavy atom. The lowest BCUT2D eigenvalue weighted by atomic mass is 10.0. The summed E-state index contributed by atoms with van der Waals surface area (Å²) in [6, 6.07) is 4.09. The number of pyridine rings is 1. The summed E-state index contributed by atoms with van der Waals surface area (Å²) in [4.78, 5) is 4.37. The SMILES string of the molecule is CCCC(OCC)C(Cc1ccc(Br)cn1)NN. The predicted octanol–water partition coefficient (Wildman–Crippen LogP) is 2.42. The van der Waals surface area contributed by atoms with Gasteiger partial charge in [0.25, 0.3) is 0 Å². The fourth-order valence-electron chi connectivity index (χ4n) is 1.95. The number of hydrazine groups is 1. The molecule has 1 aromatic heterocycles. The summed E-state index contributed by atoms with van der Waals surface area (Å²) in [5.41, 5.74) is 3.87. The number of rotatable bonds is 8. The van der Waals surface area contributed by atoms with Crippen molar-refractivity contribution in [3.63, 3.8) is 0 Å². The molecule has 0 saturated heterocycles. The van der Waals surface area contributed by atoms with Crippen molar-refractivity contribution in [1.82, 2.24) is 10.4 Å². The van der Waals surface area contributed by atoms with E-state index in [0.29, 0.717) is 6.61 Å². The number of hydrogen-bond donors (Lipinski definition) is 2. The molecule has 0 aliphatic rings. The van der Waals surface area contributed by atoms with Gasteiger partial charge in [-0.1, -0.05) is 13.3 Å². The maximum Gasteiger partial charge on any atom is 0.0745 e. The van der Waals surface area contributed by atoms with Crippen molar-refractivity contribution in [1.29, 1.82) is 0 Å². The third kappa shape index (κ3) is 5.02. The van der Waals surface area contributed by atoms with Crippen molar-refractivity contribution in [2.75, 3.05) is 6.61 Å². The van der Waals surface area contributed by atoms with Crippen LogP contribution in [0.2, 0.25) is 0 Å². The Kier molecular flexibility index (Phi) is 7.42. The van der Waals surface area contributed by atoms with E-state index in [2.05, 4.69) is 33.3 Å². The molecule has 0 aromatic carbocycles. The Bertz CT molecular complexity index is 326. The quantitative estimate of drug-likeness (QED) is 0.571. The lowest BCUT2D eigenvalue weighted by Crippen LogP contribution is -2.46. The summed E-state index contributed by atoms with van der Waals surface area (Å²) < 4.78 is 6.74. The molecule has 0 bridgehead atoms. The third-order valence-corrected chi connectivity index (χ3v) is 3.30. The van der Waals surface area contributed by atoms with Crippen molar-refractivity contribution in [3.8, 4) is 0 Å². The normalized spacial score (nSPS) is 14.4. The Labute approximate surface area is 117 Å². The lowest BCUT2D eigenvalue weighted by molar-refractivity contribution is 0.0279. The van der Waals surface area contributed by atoms with Crippen molar-refractivity contribution < 1.29 is 4.74 Å². The van der Waals surface area contributed by atoms with Gasteiger partial charge < -0.3 is 4.74 Å². The number of nitrogens with zero attached hydrogens (tertiary/aromatic N) is 1. The van der Waals surface area contributed by atoms with Crippen molar-refractivity contribution >= 4 is 15.9 Å². The monoisotopic (exact) mass is 315 g/mol. The average Bonchev–Trinajstić information content (AvgIpc) is 2.38. The molecule has 102 valence electrons. The molecule has 18 heavy (non-hydrogen) atoms. The number of nitrogens with two attached hydrogens (primary N) is 1. The largest absolute Gasteiger partial charge is 0.377 e. The molecule has 0 amide bonds. The molecule has 0 fully saturated rings. The molecular formula is C13H22BrN3O. The zero-order chi connectivity index (χ0) is 13.4. The lowest BCUT2D eigenvalue weighted by Gasteiger charge is -2.26. The fraction of sp³-hybridized carbons (Fsp3) is 0.615. The van der Waals surface area contributed by atoms with Crippen LogP contribution in [0.25, 0.3) is 0 Å².